The zero-order valence-electron chi connectivity index (χ0n) is 15.1. The van der Waals surface area contributed by atoms with E-state index >= 15 is 0 Å². The Morgan fingerprint density at radius 2 is 1.74 bits per heavy atom. The fourth-order valence-electron chi connectivity index (χ4n) is 3.78. The van der Waals surface area contributed by atoms with E-state index in [1.165, 1.54) is 27.6 Å². The van der Waals surface area contributed by atoms with E-state index in [2.05, 4.69) is 76.5 Å². The third kappa shape index (κ3) is 3.11. The molecule has 5 heteroatoms. The number of nitrogens with one attached hydrogen (secondary N) is 1. The van der Waals surface area contributed by atoms with Gasteiger partial charge in [0.15, 0.2) is 0 Å². The third-order valence-corrected chi connectivity index (χ3v) is 5.11. The maximum Gasteiger partial charge on any atom is 0.100 e. The molecule has 0 bridgehead atoms. The first-order valence-corrected chi connectivity index (χ1v) is 9.02. The molecule has 4 aromatic rings. The lowest BCUT2D eigenvalue weighted by molar-refractivity contribution is 0.390. The second-order valence-electron chi connectivity index (χ2n) is 6.93. The number of halogens is 1. The predicted molar refractivity (Wildman–Crippen MR) is 112 cm³/mol. The quantitative estimate of drug-likeness (QED) is 0.552. The third-order valence-electron chi connectivity index (χ3n) is 5.11. The average molecular weight is 377 g/mol. The van der Waals surface area contributed by atoms with Gasteiger partial charge < -0.3 is 5.32 Å². The molecular formula is C22H21ClN4. The second kappa shape index (κ2) is 7.14. The number of fused-ring (bicyclic) bond motifs is 2. The van der Waals surface area contributed by atoms with Crippen molar-refractivity contribution in [2.24, 2.45) is 0 Å². The van der Waals surface area contributed by atoms with E-state index in [4.69, 9.17) is 5.10 Å². The Kier molecular flexibility index (Phi) is 4.68. The summed E-state index contributed by atoms with van der Waals surface area (Å²) in [4.78, 5) is 4.18. The first-order chi connectivity index (χ1) is 12.8. The Bertz CT molecular complexity index is 1090. The van der Waals surface area contributed by atoms with Gasteiger partial charge in [-0.05, 0) is 41.5 Å². The molecule has 27 heavy (non-hydrogen) atoms. The molecule has 3 heterocycles. The van der Waals surface area contributed by atoms with Gasteiger partial charge in [0.1, 0.15) is 5.69 Å². The van der Waals surface area contributed by atoms with Gasteiger partial charge in [-0.15, -0.1) is 12.4 Å². The highest BCUT2D eigenvalue weighted by atomic mass is 35.5. The first kappa shape index (κ1) is 17.7. The number of hydrogen-bond donors (Lipinski definition) is 1. The van der Waals surface area contributed by atoms with E-state index in [0.717, 1.165) is 24.3 Å². The van der Waals surface area contributed by atoms with E-state index < -0.39 is 0 Å². The largest absolute Gasteiger partial charge is 0.307 e. The van der Waals surface area contributed by atoms with Crippen molar-refractivity contribution in [2.45, 2.75) is 26.1 Å². The Labute approximate surface area is 164 Å². The minimum Gasteiger partial charge on any atom is -0.307 e. The van der Waals surface area contributed by atoms with Crippen LogP contribution in [0.1, 0.15) is 12.6 Å². The molecule has 5 rings (SSSR count). The van der Waals surface area contributed by atoms with Crippen LogP contribution in [0.5, 0.6) is 0 Å². The fraction of sp³-hybridized carbons (Fsp3) is 0.182. The van der Waals surface area contributed by atoms with Gasteiger partial charge in [-0.25, -0.2) is 0 Å². The molecule has 0 unspecified atom stereocenters. The lowest BCUT2D eigenvalue weighted by Crippen LogP contribution is -2.36. The van der Waals surface area contributed by atoms with Gasteiger partial charge in [-0.1, -0.05) is 36.4 Å². The van der Waals surface area contributed by atoms with Crippen molar-refractivity contribution in [3.63, 3.8) is 0 Å². The Morgan fingerprint density at radius 3 is 2.56 bits per heavy atom. The predicted octanol–water partition coefficient (Wildman–Crippen LogP) is 4.68. The molecule has 0 spiro atoms. The normalized spacial score (nSPS) is 16.0. The summed E-state index contributed by atoms with van der Waals surface area (Å²) in [6.45, 7) is 3.92. The summed E-state index contributed by atoms with van der Waals surface area (Å²) in [7, 11) is 0. The van der Waals surface area contributed by atoms with Crippen LogP contribution < -0.4 is 5.32 Å². The summed E-state index contributed by atoms with van der Waals surface area (Å²) in [6, 6.07) is 19.6. The molecular weight excluding hydrogens is 356 g/mol. The highest BCUT2D eigenvalue weighted by molar-refractivity contribution is 5.90. The summed E-state index contributed by atoms with van der Waals surface area (Å²) in [5, 5.41) is 11.1. The van der Waals surface area contributed by atoms with Gasteiger partial charge in [0.05, 0.1) is 12.2 Å². The summed E-state index contributed by atoms with van der Waals surface area (Å²) >= 11 is 0. The molecule has 0 fully saturated rings. The number of aromatic nitrogens is 3. The number of benzene rings is 2. The van der Waals surface area contributed by atoms with Crippen molar-refractivity contribution in [2.75, 3.05) is 0 Å². The molecule has 1 aliphatic rings. The van der Waals surface area contributed by atoms with Crippen molar-refractivity contribution >= 4 is 23.2 Å². The van der Waals surface area contributed by atoms with Gasteiger partial charge in [-0.3, -0.25) is 9.67 Å². The summed E-state index contributed by atoms with van der Waals surface area (Å²) in [5.74, 6) is 0. The number of pyridine rings is 1. The van der Waals surface area contributed by atoms with Crippen LogP contribution >= 0.6 is 12.4 Å². The van der Waals surface area contributed by atoms with Gasteiger partial charge in [-0.2, -0.15) is 5.10 Å². The van der Waals surface area contributed by atoms with Gasteiger partial charge in [0, 0.05) is 36.1 Å². The Morgan fingerprint density at radius 1 is 0.963 bits per heavy atom. The van der Waals surface area contributed by atoms with Crippen LogP contribution in [0.2, 0.25) is 0 Å². The van der Waals surface area contributed by atoms with Crippen molar-refractivity contribution < 1.29 is 0 Å². The average Bonchev–Trinajstić information content (AvgIpc) is 3.06. The van der Waals surface area contributed by atoms with Crippen molar-refractivity contribution in [3.05, 3.63) is 72.7 Å². The number of hydrogen-bond acceptors (Lipinski definition) is 3. The topological polar surface area (TPSA) is 42.7 Å². The molecule has 4 nitrogen and oxygen atoms in total. The van der Waals surface area contributed by atoms with E-state index in [1.807, 2.05) is 12.4 Å². The zero-order chi connectivity index (χ0) is 17.5. The van der Waals surface area contributed by atoms with Gasteiger partial charge >= 0.3 is 0 Å². The summed E-state index contributed by atoms with van der Waals surface area (Å²) in [5.41, 5.74) is 5.83. The van der Waals surface area contributed by atoms with E-state index in [1.54, 1.807) is 0 Å². The smallest absolute Gasteiger partial charge is 0.100 e. The lowest BCUT2D eigenvalue weighted by atomic mass is 9.97. The summed E-state index contributed by atoms with van der Waals surface area (Å²) in [6.07, 6.45) is 3.70. The molecule has 1 N–H and O–H groups in total. The lowest BCUT2D eigenvalue weighted by Gasteiger charge is -2.22. The molecule has 0 aliphatic carbocycles. The van der Waals surface area contributed by atoms with E-state index in [0.29, 0.717) is 6.04 Å². The Balaban J connectivity index is 0.00000180. The van der Waals surface area contributed by atoms with Crippen LogP contribution in [-0.2, 0) is 13.1 Å². The van der Waals surface area contributed by atoms with Crippen molar-refractivity contribution in [1.82, 2.24) is 20.1 Å². The molecule has 2 aromatic carbocycles. The molecule has 0 saturated heterocycles. The molecule has 136 valence electrons. The van der Waals surface area contributed by atoms with Gasteiger partial charge in [0.25, 0.3) is 0 Å². The number of rotatable bonds is 2. The molecule has 0 saturated carbocycles. The molecule has 1 atom stereocenters. The van der Waals surface area contributed by atoms with Crippen LogP contribution in [0.15, 0.2) is 67.0 Å². The molecule has 0 radical (unpaired) electrons. The minimum absolute atomic E-state index is 0. The molecule has 1 aliphatic heterocycles. The maximum absolute atomic E-state index is 5.01. The standard InChI is InChI=1S/C22H20N4.ClH/c1-15-14-26-20(13-24-15)21(17-8-10-23-11-9-17)22(25-26)19-7-6-16-4-2-3-5-18(16)12-19;/h2-12,15,24H,13-14H2,1H3;1H/t15-;/m1./s1. The SMILES string of the molecule is C[C@@H]1Cn2nc(-c3ccc4ccccc4c3)c(-c3ccncc3)c2CN1.Cl. The van der Waals surface area contributed by atoms with Gasteiger partial charge in [0.2, 0.25) is 0 Å². The highest BCUT2D eigenvalue weighted by Gasteiger charge is 2.24. The van der Waals surface area contributed by atoms with Crippen molar-refractivity contribution in [1.29, 1.82) is 0 Å². The van der Waals surface area contributed by atoms with E-state index in [-0.39, 0.29) is 12.4 Å². The monoisotopic (exact) mass is 376 g/mol. The number of nitrogens with zero attached hydrogens (tertiary/aromatic N) is 3. The minimum atomic E-state index is 0. The van der Waals surface area contributed by atoms with Crippen LogP contribution in [0.4, 0.5) is 0 Å². The van der Waals surface area contributed by atoms with Crippen molar-refractivity contribution in [3.8, 4) is 22.4 Å². The van der Waals surface area contributed by atoms with E-state index in [9.17, 15) is 0 Å². The van der Waals surface area contributed by atoms with Crippen LogP contribution in [0.25, 0.3) is 33.2 Å². The van der Waals surface area contributed by atoms with Crippen LogP contribution in [0, 0.1) is 0 Å². The molecule has 2 aromatic heterocycles. The van der Waals surface area contributed by atoms with Crippen LogP contribution in [-0.4, -0.2) is 20.8 Å². The molecule has 0 amide bonds. The maximum atomic E-state index is 5.01. The van der Waals surface area contributed by atoms with Crippen LogP contribution in [0.3, 0.4) is 0 Å². The fourth-order valence-corrected chi connectivity index (χ4v) is 3.78. The first-order valence-electron chi connectivity index (χ1n) is 9.02. The zero-order valence-corrected chi connectivity index (χ0v) is 15.9. The second-order valence-corrected chi connectivity index (χ2v) is 6.93. The Hall–Kier alpha value is -2.69. The highest BCUT2D eigenvalue weighted by Crippen LogP contribution is 2.36. The summed E-state index contributed by atoms with van der Waals surface area (Å²) < 4.78 is 2.17.